The first-order chi connectivity index (χ1) is 16.2. The molecule has 3 heterocycles. The van der Waals surface area contributed by atoms with Crippen molar-refractivity contribution in [2.75, 3.05) is 5.32 Å². The number of nitrogens with one attached hydrogen (secondary N) is 1. The number of carbonyl (C=O) groups excluding carboxylic acids is 1. The summed E-state index contributed by atoms with van der Waals surface area (Å²) in [7, 11) is 0. The molecular weight excluding hydrogens is 481 g/mol. The van der Waals surface area contributed by atoms with Gasteiger partial charge in [-0.05, 0) is 43.2 Å². The number of rotatable bonds is 6. The van der Waals surface area contributed by atoms with Gasteiger partial charge < -0.3 is 4.74 Å². The Balaban J connectivity index is 1.39. The first-order valence-corrected chi connectivity index (χ1v) is 10.8. The van der Waals surface area contributed by atoms with Gasteiger partial charge in [-0.3, -0.25) is 10.1 Å². The van der Waals surface area contributed by atoms with Crippen molar-refractivity contribution in [1.82, 2.24) is 19.6 Å². The molecule has 1 aliphatic rings. The summed E-state index contributed by atoms with van der Waals surface area (Å²) in [6, 6.07) is 6.76. The number of aromatic nitrogens is 4. The minimum atomic E-state index is -4.66. The average molecular weight is 495 g/mol. The van der Waals surface area contributed by atoms with E-state index in [9.17, 15) is 26.7 Å². The topological polar surface area (TPSA) is 81.4 Å². The summed E-state index contributed by atoms with van der Waals surface area (Å²) in [6.07, 6.45) is -2.13. The van der Waals surface area contributed by atoms with Crippen molar-refractivity contribution in [3.63, 3.8) is 0 Å². The molecule has 176 valence electrons. The van der Waals surface area contributed by atoms with Crippen molar-refractivity contribution in [1.29, 1.82) is 0 Å². The number of amides is 1. The van der Waals surface area contributed by atoms with E-state index < -0.39 is 24.4 Å². The minimum Gasteiger partial charge on any atom is -0.435 e. The summed E-state index contributed by atoms with van der Waals surface area (Å²) in [5.74, 6) is -0.770. The highest BCUT2D eigenvalue weighted by Gasteiger charge is 2.38. The van der Waals surface area contributed by atoms with Crippen molar-refractivity contribution in [2.24, 2.45) is 0 Å². The van der Waals surface area contributed by atoms with Crippen molar-refractivity contribution < 1.29 is 31.5 Å². The molecule has 1 amide bonds. The number of thiazole rings is 1. The summed E-state index contributed by atoms with van der Waals surface area (Å²) >= 11 is 1.09. The van der Waals surface area contributed by atoms with Crippen LogP contribution < -0.4 is 10.1 Å². The van der Waals surface area contributed by atoms with Gasteiger partial charge in [0.2, 0.25) is 0 Å². The molecule has 0 spiro atoms. The van der Waals surface area contributed by atoms with Crippen LogP contribution in [-0.4, -0.2) is 32.1 Å². The maximum atomic E-state index is 13.5. The molecule has 1 aliphatic carbocycles. The van der Waals surface area contributed by atoms with Gasteiger partial charge in [-0.15, -0.1) is 11.3 Å². The Morgan fingerprint density at radius 2 is 1.91 bits per heavy atom. The van der Waals surface area contributed by atoms with E-state index >= 15 is 0 Å². The molecule has 1 aromatic carbocycles. The highest BCUT2D eigenvalue weighted by Crippen LogP contribution is 2.41. The summed E-state index contributed by atoms with van der Waals surface area (Å²) < 4.78 is 70.1. The zero-order valence-corrected chi connectivity index (χ0v) is 17.8. The number of carbonyl (C=O) groups is 1. The molecule has 13 heteroatoms. The minimum absolute atomic E-state index is 0.00751. The molecule has 5 rings (SSSR count). The van der Waals surface area contributed by atoms with Gasteiger partial charge in [0.25, 0.3) is 5.91 Å². The number of halogens is 5. The Labute approximate surface area is 192 Å². The van der Waals surface area contributed by atoms with Crippen LogP contribution in [0.5, 0.6) is 5.75 Å². The second-order valence-corrected chi connectivity index (χ2v) is 8.38. The first-order valence-electron chi connectivity index (χ1n) is 9.97. The van der Waals surface area contributed by atoms with E-state index in [2.05, 4.69) is 25.1 Å². The molecule has 1 fully saturated rings. The number of ether oxygens (including phenoxy) is 1. The third-order valence-corrected chi connectivity index (χ3v) is 5.88. The normalized spacial score (nSPS) is 14.1. The third kappa shape index (κ3) is 4.42. The SMILES string of the molecule is O=C(Nc1nc(-c2ccc(OC(F)F)cc2)cs1)c1cnn2c(C(F)(F)F)cc(C3CC3)nc12. The maximum Gasteiger partial charge on any atom is 0.433 e. The Morgan fingerprint density at radius 1 is 1.18 bits per heavy atom. The van der Waals surface area contributed by atoms with E-state index in [0.29, 0.717) is 15.8 Å². The zero-order chi connectivity index (χ0) is 24.0. The summed E-state index contributed by atoms with van der Waals surface area (Å²) in [6.45, 7) is -2.94. The van der Waals surface area contributed by atoms with Crippen LogP contribution in [0.4, 0.5) is 27.1 Å². The Morgan fingerprint density at radius 3 is 2.56 bits per heavy atom. The van der Waals surface area contributed by atoms with Crippen molar-refractivity contribution in [3.8, 4) is 17.0 Å². The second-order valence-electron chi connectivity index (χ2n) is 7.53. The Bertz CT molecular complexity index is 1360. The highest BCUT2D eigenvalue weighted by molar-refractivity contribution is 7.14. The van der Waals surface area contributed by atoms with E-state index in [-0.39, 0.29) is 33.7 Å². The lowest BCUT2D eigenvalue weighted by Crippen LogP contribution is -2.16. The van der Waals surface area contributed by atoms with Crippen molar-refractivity contribution in [2.45, 2.75) is 31.5 Å². The zero-order valence-electron chi connectivity index (χ0n) is 17.0. The predicted molar refractivity (Wildman–Crippen MR) is 112 cm³/mol. The number of hydrogen-bond donors (Lipinski definition) is 1. The quantitative estimate of drug-likeness (QED) is 0.352. The fourth-order valence-corrected chi connectivity index (χ4v) is 4.08. The Kier molecular flexibility index (Phi) is 5.42. The molecule has 7 nitrogen and oxygen atoms in total. The molecule has 34 heavy (non-hydrogen) atoms. The standard InChI is InChI=1S/C21H14F5N5O2S/c22-19(23)33-12-5-3-11(4-6-12)15-9-34-20(29-15)30-18(32)13-8-27-31-16(21(24,25)26)7-14(10-1-2-10)28-17(13)31/h3-10,19H,1-2H2,(H,29,30,32). The lowest BCUT2D eigenvalue weighted by molar-refractivity contribution is -0.142. The molecule has 0 saturated heterocycles. The molecule has 0 unspecified atom stereocenters. The Hall–Kier alpha value is -3.61. The van der Waals surface area contributed by atoms with Crippen LogP contribution in [0, 0.1) is 0 Å². The predicted octanol–water partition coefficient (Wildman–Crippen LogP) is 5.60. The van der Waals surface area contributed by atoms with Crippen molar-refractivity contribution in [3.05, 3.63) is 58.9 Å². The van der Waals surface area contributed by atoms with E-state index in [1.165, 1.54) is 24.3 Å². The van der Waals surface area contributed by atoms with E-state index in [1.54, 1.807) is 5.38 Å². The molecule has 3 aromatic heterocycles. The number of alkyl halides is 5. The van der Waals surface area contributed by atoms with Crippen LogP contribution in [0.2, 0.25) is 0 Å². The van der Waals surface area contributed by atoms with Gasteiger partial charge in [-0.1, -0.05) is 0 Å². The molecule has 0 atom stereocenters. The molecule has 0 aliphatic heterocycles. The highest BCUT2D eigenvalue weighted by atomic mass is 32.1. The molecule has 1 N–H and O–H groups in total. The number of fused-ring (bicyclic) bond motifs is 1. The van der Waals surface area contributed by atoms with E-state index in [4.69, 9.17) is 0 Å². The van der Waals surface area contributed by atoms with Gasteiger partial charge in [0.1, 0.15) is 17.0 Å². The molecule has 1 saturated carbocycles. The lowest BCUT2D eigenvalue weighted by Gasteiger charge is -2.11. The molecular formula is C21H14F5N5O2S. The first kappa shape index (κ1) is 22.2. The van der Waals surface area contributed by atoms with Crippen LogP contribution in [0.25, 0.3) is 16.9 Å². The van der Waals surface area contributed by atoms with Gasteiger partial charge in [0.05, 0.1) is 11.9 Å². The number of nitrogens with zero attached hydrogens (tertiary/aromatic N) is 4. The van der Waals surface area contributed by atoms with Crippen LogP contribution >= 0.6 is 11.3 Å². The smallest absolute Gasteiger partial charge is 0.433 e. The molecule has 0 radical (unpaired) electrons. The summed E-state index contributed by atoms with van der Waals surface area (Å²) in [4.78, 5) is 21.4. The van der Waals surface area contributed by atoms with Crippen LogP contribution in [0.15, 0.2) is 41.9 Å². The van der Waals surface area contributed by atoms with Gasteiger partial charge >= 0.3 is 12.8 Å². The molecule has 0 bridgehead atoms. The van der Waals surface area contributed by atoms with Gasteiger partial charge in [0.15, 0.2) is 10.8 Å². The van der Waals surface area contributed by atoms with Gasteiger partial charge in [0, 0.05) is 22.6 Å². The number of benzene rings is 1. The van der Waals surface area contributed by atoms with Crippen LogP contribution in [0.1, 0.15) is 40.5 Å². The van der Waals surface area contributed by atoms with E-state index in [0.717, 1.165) is 36.4 Å². The fourth-order valence-electron chi connectivity index (χ4n) is 3.37. The summed E-state index contributed by atoms with van der Waals surface area (Å²) in [5, 5.41) is 8.13. The largest absolute Gasteiger partial charge is 0.435 e. The average Bonchev–Trinajstić information content (AvgIpc) is 3.37. The molecule has 4 aromatic rings. The lowest BCUT2D eigenvalue weighted by atomic mass is 10.2. The summed E-state index contributed by atoms with van der Waals surface area (Å²) in [5.41, 5.74) is 0.0653. The monoisotopic (exact) mass is 495 g/mol. The van der Waals surface area contributed by atoms with Crippen molar-refractivity contribution >= 4 is 28.0 Å². The van der Waals surface area contributed by atoms with Gasteiger partial charge in [-0.2, -0.15) is 27.1 Å². The number of anilines is 1. The van der Waals surface area contributed by atoms with Crippen LogP contribution in [0.3, 0.4) is 0 Å². The third-order valence-electron chi connectivity index (χ3n) is 5.12. The van der Waals surface area contributed by atoms with E-state index in [1.807, 2.05) is 0 Å². The maximum absolute atomic E-state index is 13.5. The van der Waals surface area contributed by atoms with Crippen LogP contribution in [-0.2, 0) is 6.18 Å². The second kappa shape index (κ2) is 8.31. The van der Waals surface area contributed by atoms with Gasteiger partial charge in [-0.25, -0.2) is 14.5 Å². The number of hydrogen-bond acceptors (Lipinski definition) is 6. The fraction of sp³-hybridized carbons (Fsp3) is 0.238.